The van der Waals surface area contributed by atoms with Crippen molar-refractivity contribution in [1.29, 1.82) is 0 Å². The molecule has 0 saturated carbocycles. The molecule has 84 valence electrons. The van der Waals surface area contributed by atoms with Crippen LogP contribution < -0.4 is 4.42 Å². The van der Waals surface area contributed by atoms with Crippen molar-refractivity contribution in [1.82, 2.24) is 14.5 Å². The Labute approximate surface area is 102 Å². The monoisotopic (exact) mass is 244 g/mol. The number of aromatic nitrogens is 3. The molecule has 4 rings (SSSR count). The third kappa shape index (κ3) is 1.10. The molecule has 5 heteroatoms. The molecule has 0 fully saturated rings. The number of anilines is 1. The first-order chi connectivity index (χ1) is 8.34. The van der Waals surface area contributed by atoms with Crippen molar-refractivity contribution in [3.8, 4) is 0 Å². The summed E-state index contributed by atoms with van der Waals surface area (Å²) in [6.07, 6.45) is 3.83. The Hall–Kier alpha value is -1.94. The van der Waals surface area contributed by atoms with Crippen LogP contribution in [0.4, 0.5) is 5.95 Å². The maximum absolute atomic E-state index is 6.08. The van der Waals surface area contributed by atoms with E-state index in [9.17, 15) is 0 Å². The first kappa shape index (κ1) is 9.13. The van der Waals surface area contributed by atoms with E-state index in [-0.39, 0.29) is 0 Å². The van der Waals surface area contributed by atoms with Gasteiger partial charge in [-0.2, -0.15) is 0 Å². The van der Waals surface area contributed by atoms with Crippen molar-refractivity contribution in [2.45, 2.75) is 6.54 Å². The first-order valence-electron chi connectivity index (χ1n) is 5.43. The average molecular weight is 245 g/mol. The van der Waals surface area contributed by atoms with Gasteiger partial charge in [-0.05, 0) is 12.1 Å². The highest BCUT2D eigenvalue weighted by molar-refractivity contribution is 6.26. The second kappa shape index (κ2) is 3.05. The molecule has 1 aromatic carbocycles. The normalized spacial score (nSPS) is 14.8. The van der Waals surface area contributed by atoms with Gasteiger partial charge >= 0.3 is 0 Å². The van der Waals surface area contributed by atoms with E-state index in [1.165, 1.54) is 4.42 Å². The zero-order valence-electron chi connectivity index (χ0n) is 8.89. The number of halogens is 1. The van der Waals surface area contributed by atoms with Gasteiger partial charge in [-0.25, -0.2) is 9.40 Å². The summed E-state index contributed by atoms with van der Waals surface area (Å²) in [5, 5.41) is 1.13. The highest BCUT2D eigenvalue weighted by Gasteiger charge is 2.19. The van der Waals surface area contributed by atoms with Crippen LogP contribution in [0.3, 0.4) is 0 Å². The molecule has 0 radical (unpaired) electrons. The largest absolute Gasteiger partial charge is 0.339 e. The van der Waals surface area contributed by atoms with Crippen LogP contribution in [0, 0.1) is 0 Å². The molecule has 0 bridgehead atoms. The lowest BCUT2D eigenvalue weighted by Gasteiger charge is -2.15. The predicted octanol–water partition coefficient (Wildman–Crippen LogP) is 3.01. The number of para-hydroxylation sites is 1. The van der Waals surface area contributed by atoms with Crippen LogP contribution in [-0.2, 0) is 6.54 Å². The number of imidazole rings is 1. The number of hydrogen-bond donors (Lipinski definition) is 1. The number of aromatic amines is 1. The fourth-order valence-corrected chi connectivity index (χ4v) is 2.54. The summed E-state index contributed by atoms with van der Waals surface area (Å²) in [5.74, 6) is 0.765. The molecule has 1 N–H and O–H groups in total. The van der Waals surface area contributed by atoms with E-state index in [1.54, 1.807) is 0 Å². The number of allylic oxidation sites excluding steroid dienone is 1. The number of nitrogens with one attached hydrogen (secondary N) is 1. The minimum Gasteiger partial charge on any atom is -0.339 e. The topological polar surface area (TPSA) is 36.9 Å². The molecular formula is C12H9ClN4. The van der Waals surface area contributed by atoms with Gasteiger partial charge < -0.3 is 4.98 Å². The molecular weight excluding hydrogens is 236 g/mol. The Morgan fingerprint density at radius 1 is 1.29 bits per heavy atom. The van der Waals surface area contributed by atoms with Crippen molar-refractivity contribution in [2.75, 3.05) is 4.42 Å². The summed E-state index contributed by atoms with van der Waals surface area (Å²) >= 11 is 6.08. The van der Waals surface area contributed by atoms with Gasteiger partial charge in [0.05, 0.1) is 0 Å². The average Bonchev–Trinajstić information content (AvgIpc) is 2.87. The van der Waals surface area contributed by atoms with Gasteiger partial charge in [0.2, 0.25) is 5.95 Å². The van der Waals surface area contributed by atoms with Crippen molar-refractivity contribution < 1.29 is 0 Å². The molecule has 2 aromatic heterocycles. The molecule has 0 saturated heterocycles. The summed E-state index contributed by atoms with van der Waals surface area (Å²) in [7, 11) is 0. The predicted molar refractivity (Wildman–Crippen MR) is 69.1 cm³/mol. The molecule has 0 spiro atoms. The Bertz CT molecular complexity index is 752. The zero-order chi connectivity index (χ0) is 11.4. The van der Waals surface area contributed by atoms with Gasteiger partial charge in [-0.15, -0.1) is 0 Å². The van der Waals surface area contributed by atoms with E-state index in [4.69, 9.17) is 11.8 Å². The Morgan fingerprint density at radius 2 is 2.18 bits per heavy atom. The molecule has 1 aliphatic rings. The number of hydrogen-bond acceptors (Lipinski definition) is 2. The third-order valence-corrected chi connectivity index (χ3v) is 3.36. The summed E-state index contributed by atoms with van der Waals surface area (Å²) in [4.78, 5) is 7.98. The minimum absolute atomic E-state index is 0.765. The van der Waals surface area contributed by atoms with E-state index in [1.807, 2.05) is 24.4 Å². The van der Waals surface area contributed by atoms with Crippen molar-refractivity contribution in [3.05, 3.63) is 36.5 Å². The van der Waals surface area contributed by atoms with Crippen molar-refractivity contribution in [3.63, 3.8) is 0 Å². The van der Waals surface area contributed by atoms with Crippen molar-refractivity contribution in [2.24, 2.45) is 0 Å². The smallest absolute Gasteiger partial charge is 0.227 e. The van der Waals surface area contributed by atoms with Crippen LogP contribution in [0.25, 0.3) is 22.1 Å². The lowest BCUT2D eigenvalue weighted by atomic mass is 10.2. The minimum atomic E-state index is 0.765. The standard InChI is InChI=1S/C12H9ClN4/c13-17-7-3-6-16-11-10(15-12(16)17)8-4-1-2-5-9(8)14-11/h1-5,7,14H,6H2. The molecule has 0 unspecified atom stereocenters. The Balaban J connectivity index is 2.15. The second-order valence-corrected chi connectivity index (χ2v) is 4.45. The lowest BCUT2D eigenvalue weighted by Crippen LogP contribution is -2.13. The van der Waals surface area contributed by atoms with Gasteiger partial charge in [0.25, 0.3) is 0 Å². The summed E-state index contributed by atoms with van der Waals surface area (Å²) in [5.41, 5.74) is 3.11. The van der Waals surface area contributed by atoms with Gasteiger partial charge in [-0.1, -0.05) is 18.2 Å². The van der Waals surface area contributed by atoms with Crippen LogP contribution in [0.1, 0.15) is 0 Å². The van der Waals surface area contributed by atoms with Crippen LogP contribution >= 0.6 is 11.8 Å². The molecule has 3 heterocycles. The second-order valence-electron chi connectivity index (χ2n) is 4.09. The van der Waals surface area contributed by atoms with Crippen LogP contribution in [-0.4, -0.2) is 14.5 Å². The highest BCUT2D eigenvalue weighted by Crippen LogP contribution is 2.31. The van der Waals surface area contributed by atoms with E-state index in [0.717, 1.165) is 34.6 Å². The van der Waals surface area contributed by atoms with Crippen LogP contribution in [0.5, 0.6) is 0 Å². The molecule has 0 amide bonds. The van der Waals surface area contributed by atoms with Gasteiger partial charge in [0, 0.05) is 35.4 Å². The molecule has 1 aliphatic heterocycles. The summed E-state index contributed by atoms with van der Waals surface area (Å²) in [6, 6.07) is 8.16. The number of benzene rings is 1. The highest BCUT2D eigenvalue weighted by atomic mass is 35.5. The van der Waals surface area contributed by atoms with E-state index < -0.39 is 0 Å². The zero-order valence-corrected chi connectivity index (χ0v) is 9.65. The Morgan fingerprint density at radius 3 is 3.12 bits per heavy atom. The SMILES string of the molecule is ClN1C=CCn2c1nc1c3ccccc3[nH]c12. The van der Waals surface area contributed by atoms with E-state index in [0.29, 0.717) is 0 Å². The van der Waals surface area contributed by atoms with Gasteiger partial charge in [0.1, 0.15) is 11.2 Å². The fourth-order valence-electron chi connectivity index (χ4n) is 2.33. The Kier molecular flexibility index (Phi) is 1.64. The number of rotatable bonds is 0. The van der Waals surface area contributed by atoms with E-state index >= 15 is 0 Å². The molecule has 3 aromatic rings. The van der Waals surface area contributed by atoms with Crippen molar-refractivity contribution >= 4 is 39.8 Å². The fraction of sp³-hybridized carbons (Fsp3) is 0.0833. The molecule has 0 atom stereocenters. The number of fused-ring (bicyclic) bond motifs is 5. The van der Waals surface area contributed by atoms with Gasteiger partial charge in [-0.3, -0.25) is 4.57 Å². The number of nitrogens with zero attached hydrogens (tertiary/aromatic N) is 3. The van der Waals surface area contributed by atoms with Gasteiger partial charge in [0.15, 0.2) is 0 Å². The summed E-state index contributed by atoms with van der Waals surface area (Å²) < 4.78 is 3.59. The van der Waals surface area contributed by atoms with E-state index in [2.05, 4.69) is 26.7 Å². The maximum atomic E-state index is 6.08. The maximum Gasteiger partial charge on any atom is 0.227 e. The quantitative estimate of drug-likeness (QED) is 0.617. The molecule has 0 aliphatic carbocycles. The van der Waals surface area contributed by atoms with Crippen LogP contribution in [0.2, 0.25) is 0 Å². The van der Waals surface area contributed by atoms with Crippen LogP contribution in [0.15, 0.2) is 36.5 Å². The summed E-state index contributed by atoms with van der Waals surface area (Å²) in [6.45, 7) is 0.794. The lowest BCUT2D eigenvalue weighted by molar-refractivity contribution is 0.816. The number of H-pyrrole nitrogens is 1. The first-order valence-corrected chi connectivity index (χ1v) is 5.77. The third-order valence-electron chi connectivity index (χ3n) is 3.10. The molecule has 17 heavy (non-hydrogen) atoms. The molecule has 4 nitrogen and oxygen atoms in total.